The van der Waals surface area contributed by atoms with Gasteiger partial charge in [0.2, 0.25) is 5.91 Å². The highest BCUT2D eigenvalue weighted by atomic mass is 19.4. The number of likely N-dealkylation sites (N-methyl/N-ethyl adjacent to an activating group) is 1. The predicted octanol–water partition coefficient (Wildman–Crippen LogP) is 6.51. The summed E-state index contributed by atoms with van der Waals surface area (Å²) in [6.45, 7) is 3.28. The molecular formula is C30H48F3N3O3. The van der Waals surface area contributed by atoms with Gasteiger partial charge in [0.15, 0.2) is 0 Å². The zero-order valence-electron chi connectivity index (χ0n) is 24.0. The molecule has 2 atom stereocenters. The van der Waals surface area contributed by atoms with E-state index in [9.17, 15) is 22.8 Å². The summed E-state index contributed by atoms with van der Waals surface area (Å²) in [5.41, 5.74) is 0.228. The van der Waals surface area contributed by atoms with Crippen molar-refractivity contribution in [1.29, 1.82) is 0 Å². The summed E-state index contributed by atoms with van der Waals surface area (Å²) in [5.74, 6) is -0.832. The highest BCUT2D eigenvalue weighted by Gasteiger charge is 2.47. The smallest absolute Gasteiger partial charge is 0.408 e. The monoisotopic (exact) mass is 555 g/mol. The molecule has 1 heterocycles. The number of hydrogen-bond donors (Lipinski definition) is 1. The number of rotatable bonds is 17. The van der Waals surface area contributed by atoms with E-state index in [0.29, 0.717) is 13.1 Å². The van der Waals surface area contributed by atoms with Gasteiger partial charge in [-0.05, 0) is 31.2 Å². The third kappa shape index (κ3) is 11.5. The summed E-state index contributed by atoms with van der Waals surface area (Å²) in [7, 11) is 3.00. The summed E-state index contributed by atoms with van der Waals surface area (Å²) >= 11 is 0. The average Bonchev–Trinajstić information content (AvgIpc) is 2.91. The van der Waals surface area contributed by atoms with Gasteiger partial charge in [0.1, 0.15) is 12.1 Å². The minimum absolute atomic E-state index is 0.0241. The maximum atomic E-state index is 14.2. The highest BCUT2D eigenvalue weighted by Crippen LogP contribution is 2.38. The van der Waals surface area contributed by atoms with Gasteiger partial charge in [-0.1, -0.05) is 89.7 Å². The van der Waals surface area contributed by atoms with Crippen molar-refractivity contribution in [3.8, 4) is 0 Å². The van der Waals surface area contributed by atoms with Gasteiger partial charge in [0.05, 0.1) is 12.7 Å². The van der Waals surface area contributed by atoms with E-state index in [0.717, 1.165) is 19.3 Å². The summed E-state index contributed by atoms with van der Waals surface area (Å²) < 4.78 is 47.2. The van der Waals surface area contributed by atoms with E-state index in [2.05, 4.69) is 17.0 Å². The molecule has 0 spiro atoms. The molecule has 0 aliphatic carbocycles. The molecular weight excluding hydrogens is 507 g/mol. The first-order valence-corrected chi connectivity index (χ1v) is 14.7. The number of nitrogens with one attached hydrogen (secondary N) is 1. The molecule has 222 valence electrons. The Balaban J connectivity index is 1.77. The Morgan fingerprint density at radius 3 is 1.97 bits per heavy atom. The number of nitrogens with zero attached hydrogens (tertiary/aromatic N) is 2. The van der Waals surface area contributed by atoms with Crippen LogP contribution in [0.2, 0.25) is 0 Å². The first-order chi connectivity index (χ1) is 18.7. The molecule has 1 saturated heterocycles. The first-order valence-electron chi connectivity index (χ1n) is 14.7. The van der Waals surface area contributed by atoms with Gasteiger partial charge in [0.25, 0.3) is 0 Å². The number of ether oxygens (including phenoxy) is 1. The van der Waals surface area contributed by atoms with E-state index in [1.165, 1.54) is 94.1 Å². The molecule has 0 saturated carbocycles. The molecule has 1 amide bonds. The van der Waals surface area contributed by atoms with E-state index in [1.54, 1.807) is 7.05 Å². The molecule has 1 aliphatic heterocycles. The van der Waals surface area contributed by atoms with Gasteiger partial charge in [-0.3, -0.25) is 14.6 Å². The Morgan fingerprint density at radius 2 is 1.46 bits per heavy atom. The lowest BCUT2D eigenvalue weighted by molar-refractivity contribution is -0.193. The highest BCUT2D eigenvalue weighted by molar-refractivity contribution is 5.89. The maximum Gasteiger partial charge on any atom is 0.408 e. The van der Waals surface area contributed by atoms with Crippen molar-refractivity contribution in [3.63, 3.8) is 0 Å². The van der Waals surface area contributed by atoms with E-state index in [-0.39, 0.29) is 30.1 Å². The second-order valence-electron chi connectivity index (χ2n) is 10.7. The zero-order valence-corrected chi connectivity index (χ0v) is 24.0. The molecule has 0 radical (unpaired) electrons. The second kappa shape index (κ2) is 17.5. The largest absolute Gasteiger partial charge is 0.465 e. The number of esters is 1. The number of alkyl halides is 3. The molecule has 6 nitrogen and oxygen atoms in total. The first kappa shape index (κ1) is 33.1. The predicted molar refractivity (Wildman–Crippen MR) is 149 cm³/mol. The fraction of sp³-hybridized carbons (Fsp3) is 0.733. The number of halogens is 3. The lowest BCUT2D eigenvalue weighted by atomic mass is 10.0. The standard InChI is InChI=1S/C30H48F3N3O3/c1-4-5-6-7-8-9-10-11-12-13-14-15-20-34-28(37)26-23-36(22-21-35(26)2)27(30(31,32)33)24-16-18-25(19-17-24)29(38)39-3/h16-19,26-27H,4-15,20-23H2,1-3H3,(H,34,37). The molecule has 2 unspecified atom stereocenters. The van der Waals surface area contributed by atoms with Gasteiger partial charge >= 0.3 is 12.1 Å². The number of carbonyl (C=O) groups excluding carboxylic acids is 2. The van der Waals surface area contributed by atoms with Crippen LogP contribution in [-0.4, -0.2) is 74.2 Å². The summed E-state index contributed by atoms with van der Waals surface area (Å²) in [4.78, 5) is 27.7. The number of hydrogen-bond acceptors (Lipinski definition) is 5. The molecule has 1 fully saturated rings. The van der Waals surface area contributed by atoms with Crippen molar-refractivity contribution in [1.82, 2.24) is 15.1 Å². The van der Waals surface area contributed by atoms with Crippen LogP contribution in [0.1, 0.15) is 106 Å². The van der Waals surface area contributed by atoms with Crippen molar-refractivity contribution in [2.75, 3.05) is 40.3 Å². The van der Waals surface area contributed by atoms with Crippen molar-refractivity contribution in [2.45, 2.75) is 102 Å². The Morgan fingerprint density at radius 1 is 0.923 bits per heavy atom. The zero-order chi connectivity index (χ0) is 28.7. The number of benzene rings is 1. The molecule has 1 aliphatic rings. The molecule has 0 bridgehead atoms. The molecule has 1 N–H and O–H groups in total. The van der Waals surface area contributed by atoms with Crippen LogP contribution in [0.3, 0.4) is 0 Å². The molecule has 0 aromatic heterocycles. The lowest BCUT2D eigenvalue weighted by Gasteiger charge is -2.42. The van der Waals surface area contributed by atoms with Gasteiger partial charge in [0, 0.05) is 26.2 Å². The van der Waals surface area contributed by atoms with Crippen molar-refractivity contribution >= 4 is 11.9 Å². The minimum atomic E-state index is -4.53. The fourth-order valence-electron chi connectivity index (χ4n) is 5.23. The normalized spacial score (nSPS) is 17.6. The van der Waals surface area contributed by atoms with Gasteiger partial charge in [-0.25, -0.2) is 4.79 Å². The number of carbonyl (C=O) groups is 2. The van der Waals surface area contributed by atoms with Crippen LogP contribution in [0.15, 0.2) is 24.3 Å². The van der Waals surface area contributed by atoms with Crippen LogP contribution in [0.4, 0.5) is 13.2 Å². The number of unbranched alkanes of at least 4 members (excludes halogenated alkanes) is 11. The molecule has 1 aromatic carbocycles. The van der Waals surface area contributed by atoms with Crippen molar-refractivity contribution in [2.24, 2.45) is 0 Å². The Kier molecular flexibility index (Phi) is 14.9. The second-order valence-corrected chi connectivity index (χ2v) is 10.7. The van der Waals surface area contributed by atoms with Crippen LogP contribution >= 0.6 is 0 Å². The Hall–Kier alpha value is -2.13. The van der Waals surface area contributed by atoms with Gasteiger partial charge in [-0.15, -0.1) is 0 Å². The summed E-state index contributed by atoms with van der Waals surface area (Å²) in [5, 5.41) is 2.94. The quantitative estimate of drug-likeness (QED) is 0.175. The average molecular weight is 556 g/mol. The third-order valence-corrected chi connectivity index (χ3v) is 7.63. The van der Waals surface area contributed by atoms with E-state index in [1.807, 2.05) is 4.90 Å². The molecule has 1 aromatic rings. The molecule has 2 rings (SSSR count). The van der Waals surface area contributed by atoms with E-state index >= 15 is 0 Å². The topological polar surface area (TPSA) is 61.9 Å². The Labute approximate surface area is 232 Å². The number of amides is 1. The van der Waals surface area contributed by atoms with Crippen molar-refractivity contribution < 1.29 is 27.5 Å². The summed E-state index contributed by atoms with van der Waals surface area (Å²) in [6.07, 6.45) is 10.3. The molecule has 9 heteroatoms. The van der Waals surface area contributed by atoms with Gasteiger partial charge in [-0.2, -0.15) is 13.2 Å². The number of methoxy groups -OCH3 is 1. The molecule has 39 heavy (non-hydrogen) atoms. The SMILES string of the molecule is CCCCCCCCCCCCCCNC(=O)C1CN(C(c2ccc(C(=O)OC)cc2)C(F)(F)F)CCN1C. The van der Waals surface area contributed by atoms with Crippen LogP contribution in [0.5, 0.6) is 0 Å². The van der Waals surface area contributed by atoms with Crippen LogP contribution < -0.4 is 5.32 Å². The third-order valence-electron chi connectivity index (χ3n) is 7.63. The maximum absolute atomic E-state index is 14.2. The van der Waals surface area contributed by atoms with Crippen LogP contribution in [-0.2, 0) is 9.53 Å². The van der Waals surface area contributed by atoms with Crippen molar-refractivity contribution in [3.05, 3.63) is 35.4 Å². The summed E-state index contributed by atoms with van der Waals surface area (Å²) in [6, 6.07) is 2.79. The van der Waals surface area contributed by atoms with E-state index < -0.39 is 24.2 Å². The van der Waals surface area contributed by atoms with Crippen LogP contribution in [0, 0.1) is 0 Å². The number of piperazine rings is 1. The fourth-order valence-corrected chi connectivity index (χ4v) is 5.23. The lowest BCUT2D eigenvalue weighted by Crippen LogP contribution is -2.59. The minimum Gasteiger partial charge on any atom is -0.465 e. The van der Waals surface area contributed by atoms with Crippen LogP contribution in [0.25, 0.3) is 0 Å². The van der Waals surface area contributed by atoms with Gasteiger partial charge < -0.3 is 10.1 Å². The Bertz CT molecular complexity index is 848. The van der Waals surface area contributed by atoms with E-state index in [4.69, 9.17) is 0 Å².